The molecule has 4 aromatic rings. The van der Waals surface area contributed by atoms with Crippen LogP contribution in [0.4, 0.5) is 0 Å². The predicted molar refractivity (Wildman–Crippen MR) is 193 cm³/mol. The first-order valence-corrected chi connectivity index (χ1v) is 17.4. The van der Waals surface area contributed by atoms with E-state index in [1.54, 1.807) is 0 Å². The summed E-state index contributed by atoms with van der Waals surface area (Å²) in [7, 11) is 0. The highest BCUT2D eigenvalue weighted by Crippen LogP contribution is 2.43. The van der Waals surface area contributed by atoms with Crippen LogP contribution in [0.15, 0.2) is 103 Å². The van der Waals surface area contributed by atoms with Gasteiger partial charge in [-0.25, -0.2) is 4.79 Å². The molecule has 6 rings (SSSR count). The molecule has 0 aliphatic carbocycles. The van der Waals surface area contributed by atoms with Crippen LogP contribution in [-0.4, -0.2) is 60.8 Å². The minimum Gasteiger partial charge on any atom is -0.490 e. The van der Waals surface area contributed by atoms with Crippen molar-refractivity contribution in [2.24, 2.45) is 0 Å². The van der Waals surface area contributed by atoms with Crippen molar-refractivity contribution in [3.05, 3.63) is 135 Å². The molecule has 6 nitrogen and oxygen atoms in total. The fraction of sp³-hybridized carbons (Fsp3) is 0.325. The molecule has 2 aliphatic heterocycles. The molecule has 250 valence electrons. The van der Waals surface area contributed by atoms with Crippen LogP contribution >= 0.6 is 23.2 Å². The van der Waals surface area contributed by atoms with E-state index in [-0.39, 0.29) is 24.1 Å². The van der Waals surface area contributed by atoms with Crippen LogP contribution in [0, 0.1) is 6.92 Å². The molecule has 48 heavy (non-hydrogen) atoms. The molecule has 2 heterocycles. The van der Waals surface area contributed by atoms with Crippen molar-refractivity contribution in [1.29, 1.82) is 0 Å². The third-order valence-electron chi connectivity index (χ3n) is 9.20. The second kappa shape index (κ2) is 15.6. The topological polar surface area (TPSA) is 51.2 Å². The molecular weight excluding hydrogens is 643 g/mol. The molecule has 0 unspecified atom stereocenters. The minimum absolute atomic E-state index is 0.126. The number of hydrogen-bond donors (Lipinski definition) is 0. The van der Waals surface area contributed by atoms with Gasteiger partial charge in [0.2, 0.25) is 0 Å². The second-order valence-electron chi connectivity index (χ2n) is 12.5. The third-order valence-corrected chi connectivity index (χ3v) is 9.76. The summed E-state index contributed by atoms with van der Waals surface area (Å²) in [6.45, 7) is 9.47. The number of nitrogens with zero attached hydrogens (tertiary/aromatic N) is 2. The van der Waals surface area contributed by atoms with Crippen molar-refractivity contribution in [3.8, 4) is 11.5 Å². The number of piperazine rings is 1. The van der Waals surface area contributed by atoms with Crippen LogP contribution in [0.2, 0.25) is 10.0 Å². The molecule has 0 spiro atoms. The van der Waals surface area contributed by atoms with Crippen molar-refractivity contribution in [2.75, 3.05) is 32.9 Å². The van der Waals surface area contributed by atoms with Gasteiger partial charge in [0.15, 0.2) is 5.75 Å². The maximum Gasteiger partial charge on any atom is 0.335 e. The monoisotopic (exact) mass is 684 g/mol. The normalized spacial score (nSPS) is 18.8. The Morgan fingerprint density at radius 3 is 2.19 bits per heavy atom. The highest BCUT2D eigenvalue weighted by molar-refractivity contribution is 6.37. The van der Waals surface area contributed by atoms with Crippen molar-refractivity contribution < 1.29 is 19.0 Å². The maximum absolute atomic E-state index is 13.9. The molecule has 0 radical (unpaired) electrons. The smallest absolute Gasteiger partial charge is 0.335 e. The van der Waals surface area contributed by atoms with Gasteiger partial charge >= 0.3 is 5.97 Å². The molecule has 0 saturated carbocycles. The number of carbonyl (C=O) groups excluding carboxylic acids is 1. The zero-order chi connectivity index (χ0) is 33.6. The van der Waals surface area contributed by atoms with E-state index in [4.69, 9.17) is 37.4 Å². The van der Waals surface area contributed by atoms with Crippen LogP contribution in [0.3, 0.4) is 0 Å². The predicted octanol–water partition coefficient (Wildman–Crippen LogP) is 8.80. The van der Waals surface area contributed by atoms with E-state index >= 15 is 0 Å². The molecule has 8 heteroatoms. The Morgan fingerprint density at radius 2 is 1.52 bits per heavy atom. The zero-order valence-electron chi connectivity index (χ0n) is 27.7. The van der Waals surface area contributed by atoms with Crippen molar-refractivity contribution in [2.45, 2.75) is 51.9 Å². The first kappa shape index (κ1) is 34.1. The van der Waals surface area contributed by atoms with Crippen molar-refractivity contribution in [3.63, 3.8) is 0 Å². The average molecular weight is 686 g/mol. The van der Waals surface area contributed by atoms with Crippen LogP contribution in [0.25, 0.3) is 5.57 Å². The maximum atomic E-state index is 13.9. The fourth-order valence-corrected chi connectivity index (χ4v) is 7.80. The van der Waals surface area contributed by atoms with Gasteiger partial charge in [0.05, 0.1) is 28.3 Å². The van der Waals surface area contributed by atoms with E-state index in [0.29, 0.717) is 41.4 Å². The van der Waals surface area contributed by atoms with Gasteiger partial charge in [0.25, 0.3) is 0 Å². The van der Waals surface area contributed by atoms with Gasteiger partial charge in [-0.2, -0.15) is 0 Å². The van der Waals surface area contributed by atoms with E-state index < -0.39 is 0 Å². The molecule has 4 aromatic carbocycles. The van der Waals surface area contributed by atoms with Gasteiger partial charge in [-0.15, -0.1) is 0 Å². The number of ether oxygens (including phenoxy) is 3. The molecule has 2 bridgehead atoms. The summed E-state index contributed by atoms with van der Waals surface area (Å²) in [5.74, 6) is 0.932. The summed E-state index contributed by atoms with van der Waals surface area (Å²) in [6, 6.07) is 33.0. The molecule has 0 N–H and O–H groups in total. The average Bonchev–Trinajstić information content (AvgIpc) is 3.08. The Hall–Kier alpha value is -3.81. The van der Waals surface area contributed by atoms with Gasteiger partial charge in [0, 0.05) is 31.7 Å². The Bertz CT molecular complexity index is 1710. The molecule has 1 saturated heterocycles. The van der Waals surface area contributed by atoms with Crippen LogP contribution < -0.4 is 9.47 Å². The number of halogens is 2. The van der Waals surface area contributed by atoms with Crippen molar-refractivity contribution >= 4 is 34.7 Å². The number of rotatable bonds is 12. The highest BCUT2D eigenvalue weighted by atomic mass is 35.5. The summed E-state index contributed by atoms with van der Waals surface area (Å²) in [5.41, 5.74) is 6.31. The zero-order valence-corrected chi connectivity index (χ0v) is 29.2. The Labute approximate surface area is 293 Å². The molecule has 3 atom stereocenters. The van der Waals surface area contributed by atoms with E-state index in [2.05, 4.69) is 65.3 Å². The third kappa shape index (κ3) is 7.74. The summed E-state index contributed by atoms with van der Waals surface area (Å²) in [4.78, 5) is 18.9. The Balaban J connectivity index is 1.25. The summed E-state index contributed by atoms with van der Waals surface area (Å²) in [5, 5.41) is 0.958. The first-order valence-electron chi connectivity index (χ1n) is 16.6. The van der Waals surface area contributed by atoms with E-state index in [1.807, 2.05) is 62.4 Å². The molecule has 0 amide bonds. The molecule has 1 fully saturated rings. The minimum atomic E-state index is -0.242. The number of fused-ring (bicyclic) bond motifs is 2. The summed E-state index contributed by atoms with van der Waals surface area (Å²) in [6.07, 6.45) is 0.735. The lowest BCUT2D eigenvalue weighted by Gasteiger charge is -2.53. The van der Waals surface area contributed by atoms with E-state index in [9.17, 15) is 4.79 Å². The Kier molecular flexibility index (Phi) is 11.1. The van der Waals surface area contributed by atoms with Gasteiger partial charge in [-0.1, -0.05) is 96.0 Å². The standard InChI is InChI=1S/C40H42Cl2N2O4/c1-4-46-40(45)38-34(31-15-17-33(18-16-31)47-19-20-48-39-35(41)21-27(2)22-36(39)42)23-32-25-43(24-29-11-7-5-8-12-29)26-37(38)44(32)28(3)30-13-9-6-10-14-30/h5-18,21-22,28,32,37H,4,19-20,23-26H2,1-3H3/t28-,32+,37+/m0/s1. The summed E-state index contributed by atoms with van der Waals surface area (Å²) >= 11 is 12.6. The molecule has 2 aliphatic rings. The number of benzene rings is 4. The lowest BCUT2D eigenvalue weighted by atomic mass is 9.80. The van der Waals surface area contributed by atoms with Gasteiger partial charge < -0.3 is 14.2 Å². The number of carbonyl (C=O) groups is 1. The Morgan fingerprint density at radius 1 is 0.875 bits per heavy atom. The molecular formula is C40H42Cl2N2O4. The quantitative estimate of drug-likeness (QED) is 0.110. The largest absolute Gasteiger partial charge is 0.490 e. The lowest BCUT2D eigenvalue weighted by Crippen LogP contribution is -2.62. The van der Waals surface area contributed by atoms with Crippen molar-refractivity contribution in [1.82, 2.24) is 9.80 Å². The molecule has 0 aromatic heterocycles. The van der Waals surface area contributed by atoms with Crippen LogP contribution in [-0.2, 0) is 16.1 Å². The van der Waals surface area contributed by atoms with Crippen LogP contribution in [0.1, 0.15) is 48.6 Å². The van der Waals surface area contributed by atoms with Crippen LogP contribution in [0.5, 0.6) is 11.5 Å². The SMILES string of the molecule is CCOC(=O)C1=C(c2ccc(OCCOc3c(Cl)cc(C)cc3Cl)cc2)C[C@@H]2CN(Cc3ccccc3)C[C@H]1N2[C@@H](C)c1ccccc1. The fourth-order valence-electron chi connectivity index (χ4n) is 7.10. The highest BCUT2D eigenvalue weighted by Gasteiger charge is 2.46. The van der Waals surface area contributed by atoms with Gasteiger partial charge in [-0.05, 0) is 79.3 Å². The second-order valence-corrected chi connectivity index (χ2v) is 13.3. The number of esters is 1. The van der Waals surface area contributed by atoms with E-state index in [1.165, 1.54) is 11.1 Å². The van der Waals surface area contributed by atoms with Gasteiger partial charge in [-0.3, -0.25) is 9.80 Å². The lowest BCUT2D eigenvalue weighted by molar-refractivity contribution is -0.140. The van der Waals surface area contributed by atoms with Gasteiger partial charge in [0.1, 0.15) is 19.0 Å². The van der Waals surface area contributed by atoms with E-state index in [0.717, 1.165) is 48.3 Å². The first-order chi connectivity index (χ1) is 23.3. The number of aryl methyl sites for hydroxylation is 1. The number of hydrogen-bond acceptors (Lipinski definition) is 6. The summed E-state index contributed by atoms with van der Waals surface area (Å²) < 4.78 is 17.6.